The van der Waals surface area contributed by atoms with Gasteiger partial charge in [0.15, 0.2) is 6.29 Å². The molecule has 2 unspecified atom stereocenters. The second-order valence-corrected chi connectivity index (χ2v) is 11.1. The number of amides is 1. The number of halogens is 7. The molecule has 0 bridgehead atoms. The number of β-amino-alcohol motifs (C(OH)–C–C–N with tert-alkyl or cyclic N) is 1. The Morgan fingerprint density at radius 3 is 2.14 bits per heavy atom. The van der Waals surface area contributed by atoms with Crippen molar-refractivity contribution in [2.24, 2.45) is 0 Å². The van der Waals surface area contributed by atoms with Crippen LogP contribution in [0.3, 0.4) is 0 Å². The van der Waals surface area contributed by atoms with Crippen LogP contribution < -0.4 is 9.80 Å². The molecule has 0 aliphatic carbocycles. The van der Waals surface area contributed by atoms with Gasteiger partial charge >= 0.3 is 12.4 Å². The number of anilines is 2. The first kappa shape index (κ1) is 32.9. The average molecular weight is 628 g/mol. The molecule has 14 heteroatoms. The number of rotatable bonds is 7. The number of pyridine rings is 1. The van der Waals surface area contributed by atoms with Crippen LogP contribution >= 0.6 is 0 Å². The minimum absolute atomic E-state index is 0.00449. The van der Waals surface area contributed by atoms with Crippen LogP contribution in [0.4, 0.5) is 42.2 Å². The summed E-state index contributed by atoms with van der Waals surface area (Å²) in [5, 5.41) is 20.0. The van der Waals surface area contributed by atoms with E-state index in [1.807, 2.05) is 0 Å². The van der Waals surface area contributed by atoms with Crippen molar-refractivity contribution in [1.82, 2.24) is 4.98 Å². The van der Waals surface area contributed by atoms with Crippen molar-refractivity contribution < 1.29 is 50.5 Å². The fraction of sp³-hybridized carbons (Fsp3) is 0.367. The molecule has 44 heavy (non-hydrogen) atoms. The number of likely N-dealkylation sites (N-methyl/N-ethyl adjacent to an activating group) is 1. The summed E-state index contributed by atoms with van der Waals surface area (Å²) in [6, 6.07) is 5.17. The second-order valence-electron chi connectivity index (χ2n) is 11.1. The SMILES string of the molecule is CN(C(=O)C(C)(C)c1cc(C(F)(F)F)cc(C(F)(F)F)c1)c1cnc(N2CC(O)CC2CO)cc1-c1ccc(F)cc1C=O. The summed E-state index contributed by atoms with van der Waals surface area (Å²) in [7, 11) is 1.24. The van der Waals surface area contributed by atoms with Gasteiger partial charge in [0.2, 0.25) is 5.91 Å². The van der Waals surface area contributed by atoms with Gasteiger partial charge in [-0.25, -0.2) is 9.37 Å². The predicted octanol–water partition coefficient (Wildman–Crippen LogP) is 5.61. The molecular weight excluding hydrogens is 599 g/mol. The molecule has 2 aromatic carbocycles. The standard InChI is InChI=1S/C30H28F7N3O4/c1-28(2,17-7-18(29(32,33)34)9-19(8-17)30(35,36)37)27(44)39(3)25-12-38-26(40-13-22(43)10-21(40)15-42)11-24(25)23-5-4-20(31)6-16(23)14-41/h4-9,11-12,14,21-22,42-43H,10,13,15H2,1-3H3. The first-order valence-corrected chi connectivity index (χ1v) is 13.3. The van der Waals surface area contributed by atoms with Crippen LogP contribution in [0, 0.1) is 5.82 Å². The number of aromatic nitrogens is 1. The zero-order chi connectivity index (χ0) is 32.8. The van der Waals surface area contributed by atoms with Crippen LogP contribution in [-0.4, -0.2) is 59.7 Å². The summed E-state index contributed by atoms with van der Waals surface area (Å²) < 4.78 is 95.4. The lowest BCUT2D eigenvalue weighted by Gasteiger charge is -2.32. The fourth-order valence-corrected chi connectivity index (χ4v) is 5.27. The van der Waals surface area contributed by atoms with E-state index >= 15 is 0 Å². The molecule has 2 N–H and O–H groups in total. The van der Waals surface area contributed by atoms with Crippen LogP contribution in [0.25, 0.3) is 11.1 Å². The summed E-state index contributed by atoms with van der Waals surface area (Å²) >= 11 is 0. The van der Waals surface area contributed by atoms with Gasteiger partial charge in [-0.15, -0.1) is 0 Å². The van der Waals surface area contributed by atoms with Gasteiger partial charge in [0.25, 0.3) is 0 Å². The highest BCUT2D eigenvalue weighted by Crippen LogP contribution is 2.41. The Balaban J connectivity index is 1.86. The molecule has 0 saturated carbocycles. The smallest absolute Gasteiger partial charge is 0.394 e. The van der Waals surface area contributed by atoms with Gasteiger partial charge in [-0.05, 0) is 67.8 Å². The van der Waals surface area contributed by atoms with E-state index in [2.05, 4.69) is 4.98 Å². The maximum Gasteiger partial charge on any atom is 0.416 e. The number of hydrogen-bond acceptors (Lipinski definition) is 6. The zero-order valence-electron chi connectivity index (χ0n) is 23.7. The molecule has 0 radical (unpaired) electrons. The Morgan fingerprint density at radius 2 is 1.59 bits per heavy atom. The lowest BCUT2D eigenvalue weighted by atomic mass is 9.81. The maximum absolute atomic E-state index is 14.0. The highest BCUT2D eigenvalue weighted by Gasteiger charge is 2.41. The third kappa shape index (κ3) is 6.41. The summed E-state index contributed by atoms with van der Waals surface area (Å²) in [5.41, 5.74) is -5.45. The summed E-state index contributed by atoms with van der Waals surface area (Å²) in [6.45, 7) is 2.12. The van der Waals surface area contributed by atoms with E-state index in [0.717, 1.165) is 17.0 Å². The molecule has 2 atom stereocenters. The predicted molar refractivity (Wildman–Crippen MR) is 147 cm³/mol. The molecule has 1 aliphatic rings. The quantitative estimate of drug-likeness (QED) is 0.261. The number of aldehydes is 1. The lowest BCUT2D eigenvalue weighted by molar-refractivity contribution is -0.143. The number of aliphatic hydroxyl groups excluding tert-OH is 2. The summed E-state index contributed by atoms with van der Waals surface area (Å²) in [5.74, 6) is -1.42. The van der Waals surface area contributed by atoms with Crippen LogP contribution in [0.5, 0.6) is 0 Å². The van der Waals surface area contributed by atoms with Crippen LogP contribution in [0.1, 0.15) is 47.3 Å². The number of nitrogens with zero attached hydrogens (tertiary/aromatic N) is 3. The molecule has 1 amide bonds. The van der Waals surface area contributed by atoms with E-state index in [4.69, 9.17) is 0 Å². The van der Waals surface area contributed by atoms with E-state index in [1.165, 1.54) is 39.2 Å². The molecule has 236 valence electrons. The van der Waals surface area contributed by atoms with Crippen molar-refractivity contribution in [3.8, 4) is 11.1 Å². The Kier molecular flexibility index (Phi) is 8.82. The van der Waals surface area contributed by atoms with E-state index in [0.29, 0.717) is 18.4 Å². The highest BCUT2D eigenvalue weighted by molar-refractivity contribution is 6.04. The number of hydrogen-bond donors (Lipinski definition) is 2. The van der Waals surface area contributed by atoms with Gasteiger partial charge < -0.3 is 20.0 Å². The monoisotopic (exact) mass is 627 g/mol. The third-order valence-corrected chi connectivity index (χ3v) is 7.71. The average Bonchev–Trinajstić information content (AvgIpc) is 3.35. The number of alkyl halides is 6. The first-order valence-electron chi connectivity index (χ1n) is 13.3. The Bertz CT molecular complexity index is 1540. The number of carbonyl (C=O) groups excluding carboxylic acids is 2. The van der Waals surface area contributed by atoms with Crippen molar-refractivity contribution in [2.45, 2.75) is 50.2 Å². The molecule has 1 saturated heterocycles. The van der Waals surface area contributed by atoms with E-state index in [-0.39, 0.29) is 53.8 Å². The first-order chi connectivity index (χ1) is 20.4. The molecule has 4 rings (SSSR count). The van der Waals surface area contributed by atoms with Crippen molar-refractivity contribution in [3.63, 3.8) is 0 Å². The molecule has 0 spiro atoms. The zero-order valence-corrected chi connectivity index (χ0v) is 23.7. The summed E-state index contributed by atoms with van der Waals surface area (Å²) in [4.78, 5) is 32.7. The topological polar surface area (TPSA) is 94.0 Å². The molecule has 1 aliphatic heterocycles. The minimum atomic E-state index is -5.13. The molecule has 3 aromatic rings. The van der Waals surface area contributed by atoms with Crippen LogP contribution in [-0.2, 0) is 22.6 Å². The largest absolute Gasteiger partial charge is 0.416 e. The minimum Gasteiger partial charge on any atom is -0.394 e. The van der Waals surface area contributed by atoms with Gasteiger partial charge in [0.1, 0.15) is 11.6 Å². The highest BCUT2D eigenvalue weighted by atomic mass is 19.4. The van der Waals surface area contributed by atoms with Crippen LogP contribution in [0.15, 0.2) is 48.7 Å². The maximum atomic E-state index is 14.0. The van der Waals surface area contributed by atoms with Crippen LogP contribution in [0.2, 0.25) is 0 Å². The molecule has 1 aromatic heterocycles. The fourth-order valence-electron chi connectivity index (χ4n) is 5.27. The molecule has 7 nitrogen and oxygen atoms in total. The van der Waals surface area contributed by atoms with Crippen molar-refractivity contribution in [2.75, 3.05) is 30.0 Å². The Labute approximate surface area is 247 Å². The summed E-state index contributed by atoms with van der Waals surface area (Å²) in [6.07, 6.45) is -9.22. The van der Waals surface area contributed by atoms with Gasteiger partial charge in [-0.2, -0.15) is 26.3 Å². The molecular formula is C30H28F7N3O4. The molecule has 1 fully saturated rings. The van der Waals surface area contributed by atoms with Crippen molar-refractivity contribution >= 4 is 23.7 Å². The number of aliphatic hydroxyl groups is 2. The van der Waals surface area contributed by atoms with Gasteiger partial charge in [-0.1, -0.05) is 6.07 Å². The Morgan fingerprint density at radius 1 is 1.00 bits per heavy atom. The lowest BCUT2D eigenvalue weighted by Crippen LogP contribution is -2.42. The normalized spacial score (nSPS) is 17.6. The number of benzene rings is 2. The van der Waals surface area contributed by atoms with Crippen molar-refractivity contribution in [1.29, 1.82) is 0 Å². The van der Waals surface area contributed by atoms with E-state index in [9.17, 15) is 50.5 Å². The van der Waals surface area contributed by atoms with Gasteiger partial charge in [-0.3, -0.25) is 9.59 Å². The van der Waals surface area contributed by atoms with Gasteiger partial charge in [0.05, 0.1) is 47.2 Å². The van der Waals surface area contributed by atoms with Crippen molar-refractivity contribution in [3.05, 3.63) is 76.7 Å². The second kappa shape index (κ2) is 11.8. The third-order valence-electron chi connectivity index (χ3n) is 7.71. The molecule has 2 heterocycles. The van der Waals surface area contributed by atoms with E-state index < -0.39 is 58.3 Å². The van der Waals surface area contributed by atoms with Gasteiger partial charge in [0, 0.05) is 24.7 Å². The van der Waals surface area contributed by atoms with E-state index in [1.54, 1.807) is 4.90 Å². The Hall–Kier alpha value is -4.04. The number of carbonyl (C=O) groups is 2.